The summed E-state index contributed by atoms with van der Waals surface area (Å²) >= 11 is 0. The number of carbonyl (C=O) groups is 2. The quantitative estimate of drug-likeness (QED) is 0.679. The number of nitrogens with one attached hydrogen (secondary N) is 2. The highest BCUT2D eigenvalue weighted by atomic mass is 16.2. The van der Waals surface area contributed by atoms with Gasteiger partial charge < -0.3 is 10.3 Å². The molecule has 6 heteroatoms. The van der Waals surface area contributed by atoms with E-state index in [-0.39, 0.29) is 5.91 Å². The predicted molar refractivity (Wildman–Crippen MR) is 55.7 cm³/mol. The first kappa shape index (κ1) is 11.2. The smallest absolute Gasteiger partial charge is 0.271 e. The van der Waals surface area contributed by atoms with Crippen LogP contribution in [0.1, 0.15) is 23.8 Å². The van der Waals surface area contributed by atoms with E-state index in [1.165, 1.54) is 18.3 Å². The molecular weight excluding hydrogens is 196 g/mol. The number of amides is 2. The Balaban J connectivity index is 2.96. The van der Waals surface area contributed by atoms with E-state index in [2.05, 4.69) is 15.3 Å². The minimum absolute atomic E-state index is 0.287. The molecule has 0 bridgehead atoms. The Hall–Kier alpha value is -1.85. The first-order valence-electron chi connectivity index (χ1n) is 4.72. The van der Waals surface area contributed by atoms with Gasteiger partial charge in [0.25, 0.3) is 5.91 Å². The van der Waals surface area contributed by atoms with Crippen LogP contribution in [-0.4, -0.2) is 35.9 Å². The number of hydrogen-bond acceptors (Lipinski definition) is 3. The van der Waals surface area contributed by atoms with Crippen LogP contribution in [0.3, 0.4) is 0 Å². The fourth-order valence-electron chi connectivity index (χ4n) is 1.25. The summed E-state index contributed by atoms with van der Waals surface area (Å²) in [6.07, 6.45) is 2.87. The Morgan fingerprint density at radius 1 is 1.73 bits per heavy atom. The Morgan fingerprint density at radius 3 is 3.00 bits per heavy atom. The standard InChI is InChI=1S/C9H14N4O2/c1-3-4-13(6-14)8-7(9(15)10-2)11-5-12-8/h5-6H,3-4H2,1-2H3,(H,10,15)(H,11,12). The molecule has 0 aliphatic carbocycles. The molecule has 6 nitrogen and oxygen atoms in total. The third kappa shape index (κ3) is 2.34. The maximum atomic E-state index is 11.4. The number of anilines is 1. The molecule has 1 rings (SSSR count). The van der Waals surface area contributed by atoms with E-state index in [9.17, 15) is 9.59 Å². The number of hydrogen-bond donors (Lipinski definition) is 2. The van der Waals surface area contributed by atoms with Gasteiger partial charge in [0.05, 0.1) is 6.33 Å². The molecule has 0 fully saturated rings. The lowest BCUT2D eigenvalue weighted by Crippen LogP contribution is -2.27. The second-order valence-electron chi connectivity index (χ2n) is 2.98. The van der Waals surface area contributed by atoms with Crippen LogP contribution in [0.15, 0.2) is 6.33 Å². The number of imidazole rings is 1. The number of rotatable bonds is 5. The van der Waals surface area contributed by atoms with E-state index in [1.54, 1.807) is 0 Å². The third-order valence-corrected chi connectivity index (χ3v) is 1.94. The van der Waals surface area contributed by atoms with Crippen molar-refractivity contribution in [1.29, 1.82) is 0 Å². The molecule has 2 amide bonds. The highest BCUT2D eigenvalue weighted by Crippen LogP contribution is 2.14. The van der Waals surface area contributed by atoms with Crippen LogP contribution in [0.2, 0.25) is 0 Å². The van der Waals surface area contributed by atoms with E-state index in [0.29, 0.717) is 24.5 Å². The molecule has 1 heterocycles. The Kier molecular flexibility index (Phi) is 3.84. The summed E-state index contributed by atoms with van der Waals surface area (Å²) in [4.78, 5) is 30.3. The van der Waals surface area contributed by atoms with Gasteiger partial charge in [-0.15, -0.1) is 0 Å². The van der Waals surface area contributed by atoms with Crippen LogP contribution in [0, 0.1) is 0 Å². The summed E-state index contributed by atoms with van der Waals surface area (Å²) < 4.78 is 0. The maximum absolute atomic E-state index is 11.4. The third-order valence-electron chi connectivity index (χ3n) is 1.94. The molecule has 15 heavy (non-hydrogen) atoms. The summed E-state index contributed by atoms with van der Waals surface area (Å²) in [6.45, 7) is 2.49. The molecule has 0 aromatic carbocycles. The molecule has 1 aromatic rings. The van der Waals surface area contributed by atoms with Gasteiger partial charge in [0.2, 0.25) is 6.41 Å². The van der Waals surface area contributed by atoms with Crippen molar-refractivity contribution in [3.8, 4) is 0 Å². The van der Waals surface area contributed by atoms with Crippen molar-refractivity contribution in [3.63, 3.8) is 0 Å². The van der Waals surface area contributed by atoms with Crippen molar-refractivity contribution in [1.82, 2.24) is 15.3 Å². The molecule has 1 aromatic heterocycles. The number of aromatic amines is 1. The zero-order valence-electron chi connectivity index (χ0n) is 8.78. The van der Waals surface area contributed by atoms with Crippen LogP contribution >= 0.6 is 0 Å². The van der Waals surface area contributed by atoms with E-state index >= 15 is 0 Å². The lowest BCUT2D eigenvalue weighted by molar-refractivity contribution is -0.107. The molecule has 0 aliphatic rings. The summed E-state index contributed by atoms with van der Waals surface area (Å²) in [7, 11) is 1.53. The van der Waals surface area contributed by atoms with Gasteiger partial charge in [-0.1, -0.05) is 6.92 Å². The van der Waals surface area contributed by atoms with E-state index in [1.807, 2.05) is 6.92 Å². The monoisotopic (exact) mass is 210 g/mol. The van der Waals surface area contributed by atoms with Gasteiger partial charge in [0.15, 0.2) is 5.82 Å². The molecule has 2 N–H and O–H groups in total. The van der Waals surface area contributed by atoms with Crippen molar-refractivity contribution in [2.24, 2.45) is 0 Å². The lowest BCUT2D eigenvalue weighted by Gasteiger charge is -2.14. The van der Waals surface area contributed by atoms with E-state index in [0.717, 1.165) is 6.42 Å². The van der Waals surface area contributed by atoms with Crippen LogP contribution in [0.4, 0.5) is 5.82 Å². The maximum Gasteiger partial charge on any atom is 0.271 e. The van der Waals surface area contributed by atoms with Gasteiger partial charge in [-0.3, -0.25) is 14.5 Å². The second kappa shape index (κ2) is 5.14. The average Bonchev–Trinajstić information content (AvgIpc) is 2.73. The van der Waals surface area contributed by atoms with E-state index in [4.69, 9.17) is 0 Å². The van der Waals surface area contributed by atoms with Gasteiger partial charge in [0.1, 0.15) is 5.69 Å². The van der Waals surface area contributed by atoms with Crippen LogP contribution in [0.5, 0.6) is 0 Å². The first-order valence-corrected chi connectivity index (χ1v) is 4.72. The minimum atomic E-state index is -0.287. The summed E-state index contributed by atoms with van der Waals surface area (Å²) in [6, 6.07) is 0. The second-order valence-corrected chi connectivity index (χ2v) is 2.98. The van der Waals surface area contributed by atoms with Crippen molar-refractivity contribution < 1.29 is 9.59 Å². The Labute approximate surface area is 87.7 Å². The zero-order valence-corrected chi connectivity index (χ0v) is 8.78. The largest absolute Gasteiger partial charge is 0.354 e. The number of aromatic nitrogens is 2. The van der Waals surface area contributed by atoms with Gasteiger partial charge in [0, 0.05) is 13.6 Å². The minimum Gasteiger partial charge on any atom is -0.354 e. The summed E-state index contributed by atoms with van der Waals surface area (Å²) in [5.74, 6) is 0.0802. The van der Waals surface area contributed by atoms with Crippen molar-refractivity contribution in [2.75, 3.05) is 18.5 Å². The molecular formula is C9H14N4O2. The first-order chi connectivity index (χ1) is 7.24. The summed E-state index contributed by atoms with van der Waals surface area (Å²) in [5, 5.41) is 2.48. The number of H-pyrrole nitrogens is 1. The van der Waals surface area contributed by atoms with Crippen molar-refractivity contribution in [3.05, 3.63) is 12.0 Å². The van der Waals surface area contributed by atoms with Gasteiger partial charge in [-0.05, 0) is 6.42 Å². The molecule has 0 radical (unpaired) electrons. The SMILES string of the molecule is CCCN(C=O)c1nc[nH]c1C(=O)NC. The van der Waals surface area contributed by atoms with Gasteiger partial charge >= 0.3 is 0 Å². The van der Waals surface area contributed by atoms with Crippen molar-refractivity contribution >= 4 is 18.1 Å². The predicted octanol–water partition coefficient (Wildman–Crippen LogP) is 0.142. The Morgan fingerprint density at radius 2 is 2.47 bits per heavy atom. The number of nitrogens with zero attached hydrogens (tertiary/aromatic N) is 2. The van der Waals surface area contributed by atoms with Crippen LogP contribution in [-0.2, 0) is 4.79 Å². The Bertz CT molecular complexity index is 348. The molecule has 82 valence electrons. The summed E-state index contributed by atoms with van der Waals surface area (Å²) in [5.41, 5.74) is 0.304. The lowest BCUT2D eigenvalue weighted by atomic mass is 10.3. The topological polar surface area (TPSA) is 78.1 Å². The molecule has 0 aliphatic heterocycles. The highest BCUT2D eigenvalue weighted by Gasteiger charge is 2.17. The molecule has 0 spiro atoms. The van der Waals surface area contributed by atoms with Crippen LogP contribution in [0.25, 0.3) is 0 Å². The van der Waals surface area contributed by atoms with Crippen LogP contribution < -0.4 is 10.2 Å². The molecule has 0 saturated heterocycles. The number of carbonyl (C=O) groups excluding carboxylic acids is 2. The van der Waals surface area contributed by atoms with Gasteiger partial charge in [-0.2, -0.15) is 0 Å². The molecule has 0 atom stereocenters. The van der Waals surface area contributed by atoms with Gasteiger partial charge in [-0.25, -0.2) is 4.98 Å². The zero-order chi connectivity index (χ0) is 11.3. The normalized spacial score (nSPS) is 9.73. The fourth-order valence-corrected chi connectivity index (χ4v) is 1.25. The van der Waals surface area contributed by atoms with E-state index < -0.39 is 0 Å². The average molecular weight is 210 g/mol. The molecule has 0 unspecified atom stereocenters. The van der Waals surface area contributed by atoms with Crippen molar-refractivity contribution in [2.45, 2.75) is 13.3 Å². The highest BCUT2D eigenvalue weighted by molar-refractivity contribution is 5.98. The molecule has 0 saturated carbocycles. The fraction of sp³-hybridized carbons (Fsp3) is 0.444.